The van der Waals surface area contributed by atoms with Crippen LogP contribution in [0.5, 0.6) is 0 Å². The van der Waals surface area contributed by atoms with Gasteiger partial charge in [-0.1, -0.05) is 42.6 Å². The van der Waals surface area contributed by atoms with Gasteiger partial charge in [-0.2, -0.15) is 8.42 Å². The Morgan fingerprint density at radius 3 is 2.57 bits per heavy atom. The summed E-state index contributed by atoms with van der Waals surface area (Å²) in [4.78, 5) is 14.1. The zero-order valence-corrected chi connectivity index (χ0v) is 15.8. The van der Waals surface area contributed by atoms with Crippen molar-refractivity contribution in [2.45, 2.75) is 54.5 Å². The van der Waals surface area contributed by atoms with Gasteiger partial charge in [0.05, 0.1) is 9.59 Å². The summed E-state index contributed by atoms with van der Waals surface area (Å²) in [6.45, 7) is 1.79. The molecule has 1 aliphatic heterocycles. The van der Waals surface area contributed by atoms with Gasteiger partial charge >= 0.3 is 0 Å². The van der Waals surface area contributed by atoms with Crippen LogP contribution in [0.2, 0.25) is 4.34 Å². The highest BCUT2D eigenvalue weighted by molar-refractivity contribution is 8.16. The maximum atomic E-state index is 12.5. The van der Waals surface area contributed by atoms with Gasteiger partial charge in [0.1, 0.15) is 4.21 Å². The lowest BCUT2D eigenvalue weighted by Gasteiger charge is -2.30. The van der Waals surface area contributed by atoms with E-state index in [0.29, 0.717) is 9.50 Å². The van der Waals surface area contributed by atoms with Crippen LogP contribution in [0.4, 0.5) is 0 Å². The first kappa shape index (κ1) is 17.3. The molecule has 1 saturated carbocycles. The van der Waals surface area contributed by atoms with E-state index in [1.807, 2.05) is 0 Å². The normalized spacial score (nSPS) is 25.5. The molecule has 0 radical (unpaired) electrons. The van der Waals surface area contributed by atoms with Gasteiger partial charge in [-0.25, -0.2) is 0 Å². The van der Waals surface area contributed by atoms with Gasteiger partial charge in [-0.15, -0.1) is 15.7 Å². The van der Waals surface area contributed by atoms with Crippen LogP contribution in [0.25, 0.3) is 0 Å². The molecular formula is C14H17ClN2O3S3. The highest BCUT2D eigenvalue weighted by atomic mass is 35.5. The van der Waals surface area contributed by atoms with E-state index in [1.54, 1.807) is 11.8 Å². The van der Waals surface area contributed by atoms with Crippen LogP contribution >= 0.6 is 34.7 Å². The van der Waals surface area contributed by atoms with E-state index in [-0.39, 0.29) is 21.4 Å². The van der Waals surface area contributed by atoms with E-state index in [2.05, 4.69) is 4.40 Å². The lowest BCUT2D eigenvalue weighted by Crippen LogP contribution is -2.42. The minimum Gasteiger partial charge on any atom is -0.287 e. The number of halogens is 1. The number of nitrogens with zero attached hydrogens (tertiary/aromatic N) is 2. The van der Waals surface area contributed by atoms with Crippen molar-refractivity contribution in [3.63, 3.8) is 0 Å². The minimum atomic E-state index is -3.83. The molecule has 23 heavy (non-hydrogen) atoms. The fourth-order valence-electron chi connectivity index (χ4n) is 2.88. The number of hydrogen-bond donors (Lipinski definition) is 0. The Bertz CT molecular complexity index is 738. The molecule has 9 heteroatoms. The van der Waals surface area contributed by atoms with Crippen molar-refractivity contribution in [3.05, 3.63) is 16.5 Å². The molecule has 1 aromatic heterocycles. The first-order chi connectivity index (χ1) is 10.9. The van der Waals surface area contributed by atoms with Gasteiger partial charge in [0, 0.05) is 6.04 Å². The Morgan fingerprint density at radius 1 is 1.26 bits per heavy atom. The summed E-state index contributed by atoms with van der Waals surface area (Å²) in [5, 5.41) is 0.0109. The van der Waals surface area contributed by atoms with E-state index in [0.717, 1.165) is 37.0 Å². The number of thioether (sulfide) groups is 1. The Balaban J connectivity index is 1.93. The van der Waals surface area contributed by atoms with E-state index >= 15 is 0 Å². The number of carbonyl (C=O) groups is 1. The molecule has 1 atom stereocenters. The maximum absolute atomic E-state index is 12.5. The Hall–Kier alpha value is -0.570. The van der Waals surface area contributed by atoms with Crippen molar-refractivity contribution in [1.82, 2.24) is 4.90 Å². The molecule has 126 valence electrons. The quantitative estimate of drug-likeness (QED) is 0.785. The van der Waals surface area contributed by atoms with Gasteiger partial charge in [-0.05, 0) is 31.9 Å². The molecule has 1 unspecified atom stereocenters. The zero-order chi connectivity index (χ0) is 16.6. The van der Waals surface area contributed by atoms with E-state index in [9.17, 15) is 13.2 Å². The highest BCUT2D eigenvalue weighted by Crippen LogP contribution is 2.35. The topological polar surface area (TPSA) is 66.8 Å². The van der Waals surface area contributed by atoms with Gasteiger partial charge in [0.15, 0.2) is 5.17 Å². The molecule has 1 aromatic rings. The average molecular weight is 393 g/mol. The first-order valence-electron chi connectivity index (χ1n) is 7.48. The monoisotopic (exact) mass is 392 g/mol. The Morgan fingerprint density at radius 2 is 1.96 bits per heavy atom. The molecule has 2 heterocycles. The molecule has 0 bridgehead atoms. The zero-order valence-electron chi connectivity index (χ0n) is 12.6. The molecule has 1 aliphatic carbocycles. The smallest absolute Gasteiger partial charge is 0.287 e. The van der Waals surface area contributed by atoms with Crippen LogP contribution in [-0.2, 0) is 14.8 Å². The van der Waals surface area contributed by atoms with Crippen LogP contribution in [-0.4, -0.2) is 35.7 Å². The fourth-order valence-corrected chi connectivity index (χ4v) is 6.57. The SMILES string of the molecule is CC1S/C(=N/S(=O)(=O)c2ccc(Cl)s2)N(C2CCCCC2)C1=O. The fraction of sp³-hybridized carbons (Fsp3) is 0.571. The standard InChI is InChI=1S/C14H17ClN2O3S3/c1-9-13(18)17(10-5-3-2-4-6-10)14(21-9)16-23(19,20)12-8-7-11(15)22-12/h7-10H,2-6H2,1H3/b16-14+. The molecule has 3 rings (SSSR count). The number of hydrogen-bond acceptors (Lipinski definition) is 5. The van der Waals surface area contributed by atoms with Crippen LogP contribution in [0.1, 0.15) is 39.0 Å². The minimum absolute atomic E-state index is 0.0416. The van der Waals surface area contributed by atoms with Gasteiger partial charge in [-0.3, -0.25) is 9.69 Å². The van der Waals surface area contributed by atoms with E-state index in [4.69, 9.17) is 11.6 Å². The highest BCUT2D eigenvalue weighted by Gasteiger charge is 2.40. The van der Waals surface area contributed by atoms with Crippen molar-refractivity contribution in [3.8, 4) is 0 Å². The number of sulfonamides is 1. The van der Waals surface area contributed by atoms with Crippen molar-refractivity contribution in [2.75, 3.05) is 0 Å². The van der Waals surface area contributed by atoms with Crippen LogP contribution in [0.15, 0.2) is 20.7 Å². The Labute approximate surface area is 149 Å². The largest absolute Gasteiger partial charge is 0.294 e. The lowest BCUT2D eigenvalue weighted by molar-refractivity contribution is -0.127. The number of amidine groups is 1. The molecule has 0 aromatic carbocycles. The molecule has 2 aliphatic rings. The van der Waals surface area contributed by atoms with Crippen LogP contribution in [0, 0.1) is 0 Å². The molecule has 0 N–H and O–H groups in total. The molecule has 0 spiro atoms. The second-order valence-corrected chi connectivity index (χ2v) is 10.5. The summed E-state index contributed by atoms with van der Waals surface area (Å²) in [7, 11) is -3.83. The van der Waals surface area contributed by atoms with Crippen molar-refractivity contribution in [2.24, 2.45) is 4.40 Å². The third kappa shape index (κ3) is 3.60. The molecule has 2 fully saturated rings. The predicted octanol–water partition coefficient (Wildman–Crippen LogP) is 3.74. The number of carbonyl (C=O) groups excluding carboxylic acids is 1. The number of amides is 1. The van der Waals surface area contributed by atoms with E-state index < -0.39 is 10.0 Å². The third-order valence-corrected chi connectivity index (χ3v) is 8.15. The summed E-state index contributed by atoms with van der Waals surface area (Å²) in [6.07, 6.45) is 5.10. The summed E-state index contributed by atoms with van der Waals surface area (Å²) < 4.78 is 29.4. The van der Waals surface area contributed by atoms with Gasteiger partial charge in [0.25, 0.3) is 10.0 Å². The summed E-state index contributed by atoms with van der Waals surface area (Å²) >= 11 is 8.01. The maximum Gasteiger partial charge on any atom is 0.294 e. The average Bonchev–Trinajstić information content (AvgIpc) is 3.05. The molecule has 1 saturated heterocycles. The number of thiophene rings is 1. The second kappa shape index (κ2) is 6.74. The first-order valence-corrected chi connectivity index (χ1v) is 11.0. The third-order valence-electron chi connectivity index (χ3n) is 4.01. The van der Waals surface area contributed by atoms with Gasteiger partial charge < -0.3 is 0 Å². The molecular weight excluding hydrogens is 376 g/mol. The van der Waals surface area contributed by atoms with E-state index in [1.165, 1.54) is 30.3 Å². The van der Waals surface area contributed by atoms with Crippen LogP contribution in [0.3, 0.4) is 0 Å². The summed E-state index contributed by atoms with van der Waals surface area (Å²) in [5.74, 6) is -0.0416. The lowest BCUT2D eigenvalue weighted by atomic mass is 9.94. The van der Waals surface area contributed by atoms with Crippen molar-refractivity contribution in [1.29, 1.82) is 0 Å². The predicted molar refractivity (Wildman–Crippen MR) is 94.7 cm³/mol. The van der Waals surface area contributed by atoms with Gasteiger partial charge in [0.2, 0.25) is 5.91 Å². The Kier molecular flexibility index (Phi) is 5.06. The van der Waals surface area contributed by atoms with Crippen molar-refractivity contribution >= 4 is 55.8 Å². The van der Waals surface area contributed by atoms with Crippen LogP contribution < -0.4 is 0 Å². The molecule has 5 nitrogen and oxygen atoms in total. The summed E-state index contributed by atoms with van der Waals surface area (Å²) in [6, 6.07) is 3.05. The number of rotatable bonds is 3. The van der Waals surface area contributed by atoms with Crippen molar-refractivity contribution < 1.29 is 13.2 Å². The summed E-state index contributed by atoms with van der Waals surface area (Å²) in [5.41, 5.74) is 0. The second-order valence-electron chi connectivity index (χ2n) is 5.67. The molecule has 1 amide bonds.